The molecule has 0 aliphatic carbocycles. The second-order valence-electron chi connectivity index (χ2n) is 4.28. The molecule has 0 bridgehead atoms. The van der Waals surface area contributed by atoms with Crippen LogP contribution in [0.2, 0.25) is 0 Å². The Bertz CT molecular complexity index is 372. The third kappa shape index (κ3) is 3.44. The molecule has 2 heterocycles. The van der Waals surface area contributed by atoms with Crippen LogP contribution in [0.15, 0.2) is 4.52 Å². The molecule has 1 saturated heterocycles. The Morgan fingerprint density at radius 2 is 2.12 bits per heavy atom. The predicted molar refractivity (Wildman–Crippen MR) is 60.9 cm³/mol. The van der Waals surface area contributed by atoms with Gasteiger partial charge in [0, 0.05) is 25.9 Å². The summed E-state index contributed by atoms with van der Waals surface area (Å²) in [7, 11) is 0. The Hall–Kier alpha value is -1.59. The van der Waals surface area contributed by atoms with Crippen molar-refractivity contribution in [2.75, 3.05) is 18.0 Å². The molecule has 1 aliphatic rings. The van der Waals surface area contributed by atoms with E-state index in [1.54, 1.807) is 0 Å². The molecule has 0 radical (unpaired) electrons. The highest BCUT2D eigenvalue weighted by molar-refractivity contribution is 5.66. The van der Waals surface area contributed by atoms with Gasteiger partial charge >= 0.3 is 5.97 Å². The van der Waals surface area contributed by atoms with E-state index in [9.17, 15) is 4.79 Å². The first-order valence-electron chi connectivity index (χ1n) is 6.05. The standard InChI is InChI=1S/C11H17N3O3/c15-10(16)6-4-5-9-12-11(13-17-9)14-7-2-1-3-8-14/h1-8H2,(H,15,16). The summed E-state index contributed by atoms with van der Waals surface area (Å²) < 4.78 is 5.10. The summed E-state index contributed by atoms with van der Waals surface area (Å²) in [6.07, 6.45) is 4.82. The molecule has 0 aromatic carbocycles. The largest absolute Gasteiger partial charge is 0.481 e. The minimum Gasteiger partial charge on any atom is -0.481 e. The number of aromatic nitrogens is 2. The normalized spacial score (nSPS) is 16.1. The van der Waals surface area contributed by atoms with Crippen molar-refractivity contribution < 1.29 is 14.4 Å². The molecular weight excluding hydrogens is 222 g/mol. The molecule has 6 nitrogen and oxygen atoms in total. The van der Waals surface area contributed by atoms with Crippen molar-refractivity contribution in [3.63, 3.8) is 0 Å². The molecule has 0 atom stereocenters. The number of rotatable bonds is 5. The quantitative estimate of drug-likeness (QED) is 0.838. The van der Waals surface area contributed by atoms with Crippen molar-refractivity contribution >= 4 is 11.9 Å². The molecule has 0 amide bonds. The van der Waals surface area contributed by atoms with Crippen LogP contribution in [0, 0.1) is 0 Å². The molecule has 94 valence electrons. The lowest BCUT2D eigenvalue weighted by atomic mass is 10.1. The Balaban J connectivity index is 1.84. The minimum atomic E-state index is -0.791. The first-order chi connectivity index (χ1) is 8.25. The van der Waals surface area contributed by atoms with Gasteiger partial charge in [0.2, 0.25) is 5.89 Å². The highest BCUT2D eigenvalue weighted by Gasteiger charge is 2.16. The number of anilines is 1. The Labute approximate surface area is 99.6 Å². The molecule has 2 rings (SSSR count). The van der Waals surface area contributed by atoms with Gasteiger partial charge in [0.05, 0.1) is 0 Å². The van der Waals surface area contributed by atoms with Crippen LogP contribution >= 0.6 is 0 Å². The molecule has 1 N–H and O–H groups in total. The third-order valence-corrected chi connectivity index (χ3v) is 2.88. The number of piperidine rings is 1. The van der Waals surface area contributed by atoms with Crippen molar-refractivity contribution in [2.45, 2.75) is 38.5 Å². The van der Waals surface area contributed by atoms with Crippen LogP contribution in [0.25, 0.3) is 0 Å². The van der Waals surface area contributed by atoms with Gasteiger partial charge < -0.3 is 14.5 Å². The van der Waals surface area contributed by atoms with Gasteiger partial charge in [0.15, 0.2) is 0 Å². The lowest BCUT2D eigenvalue weighted by Crippen LogP contribution is -2.30. The van der Waals surface area contributed by atoms with E-state index in [2.05, 4.69) is 15.0 Å². The van der Waals surface area contributed by atoms with Crippen LogP contribution in [0.3, 0.4) is 0 Å². The maximum atomic E-state index is 10.4. The van der Waals surface area contributed by atoms with E-state index in [-0.39, 0.29) is 6.42 Å². The van der Waals surface area contributed by atoms with Crippen LogP contribution in [-0.4, -0.2) is 34.3 Å². The summed E-state index contributed by atoms with van der Waals surface area (Å²) in [6.45, 7) is 1.96. The van der Waals surface area contributed by atoms with Gasteiger partial charge in [0.25, 0.3) is 5.95 Å². The number of aryl methyl sites for hydroxylation is 1. The van der Waals surface area contributed by atoms with Crippen LogP contribution in [0.1, 0.15) is 38.0 Å². The zero-order chi connectivity index (χ0) is 12.1. The van der Waals surface area contributed by atoms with Gasteiger partial charge in [-0.25, -0.2) is 0 Å². The number of carboxylic acid groups (broad SMARTS) is 1. The van der Waals surface area contributed by atoms with Crippen molar-refractivity contribution in [2.24, 2.45) is 0 Å². The number of hydrogen-bond donors (Lipinski definition) is 1. The summed E-state index contributed by atoms with van der Waals surface area (Å²) >= 11 is 0. The van der Waals surface area contributed by atoms with E-state index in [1.165, 1.54) is 19.3 Å². The van der Waals surface area contributed by atoms with E-state index >= 15 is 0 Å². The first kappa shape index (κ1) is 11.9. The summed E-state index contributed by atoms with van der Waals surface area (Å²) in [5, 5.41) is 12.5. The van der Waals surface area contributed by atoms with E-state index in [4.69, 9.17) is 9.63 Å². The van der Waals surface area contributed by atoms with Crippen molar-refractivity contribution in [3.05, 3.63) is 5.89 Å². The first-order valence-corrected chi connectivity index (χ1v) is 6.05. The van der Waals surface area contributed by atoms with Gasteiger partial charge in [0.1, 0.15) is 0 Å². The molecule has 17 heavy (non-hydrogen) atoms. The van der Waals surface area contributed by atoms with E-state index in [0.29, 0.717) is 24.7 Å². The van der Waals surface area contributed by atoms with Crippen LogP contribution in [0.4, 0.5) is 5.95 Å². The molecule has 1 aromatic rings. The zero-order valence-electron chi connectivity index (χ0n) is 9.76. The lowest BCUT2D eigenvalue weighted by Gasteiger charge is -2.24. The smallest absolute Gasteiger partial charge is 0.303 e. The molecule has 0 saturated carbocycles. The van der Waals surface area contributed by atoms with Gasteiger partial charge in [-0.15, -0.1) is 0 Å². The highest BCUT2D eigenvalue weighted by Crippen LogP contribution is 2.16. The fourth-order valence-corrected chi connectivity index (χ4v) is 1.96. The summed E-state index contributed by atoms with van der Waals surface area (Å²) in [5.41, 5.74) is 0. The third-order valence-electron chi connectivity index (χ3n) is 2.88. The fourth-order valence-electron chi connectivity index (χ4n) is 1.96. The monoisotopic (exact) mass is 239 g/mol. The Kier molecular flexibility index (Phi) is 3.95. The Morgan fingerprint density at radius 3 is 2.82 bits per heavy atom. The number of hydrogen-bond acceptors (Lipinski definition) is 5. The van der Waals surface area contributed by atoms with E-state index < -0.39 is 5.97 Å². The zero-order valence-corrected chi connectivity index (χ0v) is 9.76. The summed E-state index contributed by atoms with van der Waals surface area (Å²) in [5.74, 6) is 0.391. The lowest BCUT2D eigenvalue weighted by molar-refractivity contribution is -0.137. The Morgan fingerprint density at radius 1 is 1.35 bits per heavy atom. The average molecular weight is 239 g/mol. The highest BCUT2D eigenvalue weighted by atomic mass is 16.5. The molecule has 1 fully saturated rings. The van der Waals surface area contributed by atoms with Gasteiger partial charge in [-0.1, -0.05) is 0 Å². The minimum absolute atomic E-state index is 0.140. The second kappa shape index (κ2) is 5.65. The van der Waals surface area contributed by atoms with Gasteiger partial charge in [-0.05, 0) is 30.8 Å². The van der Waals surface area contributed by atoms with Crippen molar-refractivity contribution in [1.82, 2.24) is 10.1 Å². The second-order valence-corrected chi connectivity index (χ2v) is 4.28. The molecular formula is C11H17N3O3. The van der Waals surface area contributed by atoms with Gasteiger partial charge in [-0.2, -0.15) is 4.98 Å². The number of carboxylic acids is 1. The van der Waals surface area contributed by atoms with Crippen molar-refractivity contribution in [3.8, 4) is 0 Å². The van der Waals surface area contributed by atoms with Gasteiger partial charge in [-0.3, -0.25) is 4.79 Å². The number of carbonyl (C=O) groups is 1. The number of nitrogens with zero attached hydrogens (tertiary/aromatic N) is 3. The predicted octanol–water partition coefficient (Wildman–Crippen LogP) is 1.47. The van der Waals surface area contributed by atoms with E-state index in [1.807, 2.05) is 0 Å². The maximum absolute atomic E-state index is 10.4. The van der Waals surface area contributed by atoms with E-state index in [0.717, 1.165) is 13.1 Å². The fraction of sp³-hybridized carbons (Fsp3) is 0.727. The molecule has 1 aliphatic heterocycles. The van der Waals surface area contributed by atoms with Crippen molar-refractivity contribution in [1.29, 1.82) is 0 Å². The maximum Gasteiger partial charge on any atom is 0.303 e. The molecule has 0 spiro atoms. The topological polar surface area (TPSA) is 79.5 Å². The summed E-state index contributed by atoms with van der Waals surface area (Å²) in [4.78, 5) is 16.8. The molecule has 6 heteroatoms. The average Bonchev–Trinajstić information content (AvgIpc) is 2.78. The molecule has 0 unspecified atom stereocenters. The van der Waals surface area contributed by atoms with Crippen LogP contribution in [-0.2, 0) is 11.2 Å². The number of aliphatic carboxylic acids is 1. The van der Waals surface area contributed by atoms with Crippen LogP contribution < -0.4 is 4.90 Å². The molecule has 1 aromatic heterocycles. The summed E-state index contributed by atoms with van der Waals surface area (Å²) in [6, 6.07) is 0. The SMILES string of the molecule is O=C(O)CCCc1nc(N2CCCCC2)no1. The van der Waals surface area contributed by atoms with Crippen LogP contribution in [0.5, 0.6) is 0 Å².